The van der Waals surface area contributed by atoms with Gasteiger partial charge >= 0.3 is 12.1 Å². The van der Waals surface area contributed by atoms with Crippen molar-refractivity contribution >= 4 is 23.2 Å². The van der Waals surface area contributed by atoms with E-state index in [1.165, 1.54) is 28.8 Å². The minimum Gasteiger partial charge on any atom is -0.493 e. The second kappa shape index (κ2) is 15.1. The van der Waals surface area contributed by atoms with Crippen LogP contribution in [0.15, 0.2) is 54.7 Å². The van der Waals surface area contributed by atoms with Crippen LogP contribution < -0.4 is 19.7 Å². The lowest BCUT2D eigenvalue weighted by Gasteiger charge is -2.46. The molecule has 1 amide bonds. The van der Waals surface area contributed by atoms with E-state index >= 15 is 0 Å². The number of carbonyl (C=O) groups is 1. The van der Waals surface area contributed by atoms with Crippen LogP contribution in [-0.2, 0) is 23.1 Å². The third kappa shape index (κ3) is 7.64. The molecule has 3 aliphatic carbocycles. The highest BCUT2D eigenvalue weighted by Crippen LogP contribution is 2.55. The van der Waals surface area contributed by atoms with Crippen LogP contribution >= 0.6 is 11.6 Å². The third-order valence-electron chi connectivity index (χ3n) is 11.2. The Morgan fingerprint density at radius 3 is 2.62 bits per heavy atom. The van der Waals surface area contributed by atoms with Gasteiger partial charge in [-0.3, -0.25) is 9.78 Å². The molecule has 4 atom stereocenters. The number of nitrogens with one attached hydrogen (secondary N) is 1. The molecule has 3 aromatic rings. The zero-order valence-electron chi connectivity index (χ0n) is 29.5. The summed E-state index contributed by atoms with van der Waals surface area (Å²) in [5, 5.41) is 3.45. The van der Waals surface area contributed by atoms with Crippen molar-refractivity contribution in [2.24, 2.45) is 11.8 Å². The number of rotatable bonds is 11. The maximum Gasteiger partial charge on any atom is 0.471 e. The van der Waals surface area contributed by atoms with Crippen LogP contribution in [-0.4, -0.2) is 49.4 Å². The molecule has 1 fully saturated rings. The molecule has 2 aromatic carbocycles. The zero-order chi connectivity index (χ0) is 35.6. The van der Waals surface area contributed by atoms with Gasteiger partial charge in [-0.1, -0.05) is 37.6 Å². The Bertz CT molecular complexity index is 1660. The number of pyridine rings is 1. The molecule has 1 N–H and O–H groups in total. The van der Waals surface area contributed by atoms with Crippen LogP contribution in [0, 0.1) is 11.8 Å². The molecule has 1 saturated carbocycles. The van der Waals surface area contributed by atoms with Crippen molar-refractivity contribution in [3.63, 3.8) is 0 Å². The number of aryl methyl sites for hydroxylation is 1. The minimum absolute atomic E-state index is 0.0274. The number of nitrogens with zero attached hydrogens (tertiary/aromatic N) is 2. The molecule has 0 radical (unpaired) electrons. The van der Waals surface area contributed by atoms with Crippen molar-refractivity contribution in [2.45, 2.75) is 108 Å². The molecule has 3 aliphatic rings. The first-order valence-corrected chi connectivity index (χ1v) is 18.5. The number of alkyl halides is 3. The van der Waals surface area contributed by atoms with E-state index in [1.807, 2.05) is 32.3 Å². The molecule has 0 aliphatic heterocycles. The second-order valence-electron chi connectivity index (χ2n) is 14.9. The van der Waals surface area contributed by atoms with Crippen LogP contribution in [0.3, 0.4) is 0 Å². The first-order valence-electron chi connectivity index (χ1n) is 18.1. The standard InChI is InChI=1S/C40H49ClF3N3O3/c1-25(24-49-36-15-18-46-35-10-5-7-26(2)37(35)36)19-29-20-28-11-12-33(50-27(3)23-45-4)22-34(28)39(29)16-13-31(14-17-39)47(38(48)40(42,43)44)32-9-6-8-30(41)21-32/h6,8-9,11-12,15,18,21-22,25-27,29,31,45H,5,7,10,13-14,16-17,19-20,23-24H2,1-4H3/t25-,26-,27?,29+,31?,39?/m1/s1. The van der Waals surface area contributed by atoms with Crippen LogP contribution in [0.25, 0.3) is 0 Å². The fourth-order valence-corrected chi connectivity index (χ4v) is 9.17. The molecule has 0 saturated heterocycles. The number of benzene rings is 2. The van der Waals surface area contributed by atoms with Crippen molar-refractivity contribution in [1.82, 2.24) is 10.3 Å². The Hall–Kier alpha value is -3.30. The van der Waals surface area contributed by atoms with Gasteiger partial charge in [-0.25, -0.2) is 0 Å². The highest BCUT2D eigenvalue weighted by atomic mass is 35.5. The smallest absolute Gasteiger partial charge is 0.471 e. The van der Waals surface area contributed by atoms with Gasteiger partial charge in [0, 0.05) is 40.8 Å². The summed E-state index contributed by atoms with van der Waals surface area (Å²) < 4.78 is 54.8. The Morgan fingerprint density at radius 2 is 1.90 bits per heavy atom. The normalized spacial score (nSPS) is 24.3. The predicted molar refractivity (Wildman–Crippen MR) is 191 cm³/mol. The summed E-state index contributed by atoms with van der Waals surface area (Å²) >= 11 is 6.20. The molecule has 1 spiro atoms. The van der Waals surface area contributed by atoms with Crippen LogP contribution in [0.2, 0.25) is 5.02 Å². The molecule has 1 unspecified atom stereocenters. The largest absolute Gasteiger partial charge is 0.493 e. The van der Waals surface area contributed by atoms with E-state index in [1.54, 1.807) is 12.1 Å². The van der Waals surface area contributed by atoms with Gasteiger partial charge in [0.2, 0.25) is 0 Å². The van der Waals surface area contributed by atoms with Gasteiger partial charge in [0.15, 0.2) is 0 Å². The quantitative estimate of drug-likeness (QED) is 0.215. The van der Waals surface area contributed by atoms with Crippen molar-refractivity contribution in [2.75, 3.05) is 25.1 Å². The number of hydrogen-bond acceptors (Lipinski definition) is 5. The number of hydrogen-bond donors (Lipinski definition) is 1. The number of fused-ring (bicyclic) bond motifs is 3. The van der Waals surface area contributed by atoms with Crippen LogP contribution in [0.5, 0.6) is 11.5 Å². The first kappa shape index (κ1) is 36.5. The minimum atomic E-state index is -5.00. The van der Waals surface area contributed by atoms with E-state index in [2.05, 4.69) is 36.3 Å². The molecular weight excluding hydrogens is 663 g/mol. The lowest BCUT2D eigenvalue weighted by molar-refractivity contribution is -0.171. The molecule has 50 heavy (non-hydrogen) atoms. The number of amides is 1. The second-order valence-corrected chi connectivity index (χ2v) is 15.3. The number of ether oxygens (including phenoxy) is 2. The van der Waals surface area contributed by atoms with Crippen molar-refractivity contribution < 1.29 is 27.4 Å². The van der Waals surface area contributed by atoms with E-state index < -0.39 is 18.1 Å². The molecular formula is C40H49ClF3N3O3. The van der Waals surface area contributed by atoms with E-state index in [0.29, 0.717) is 44.8 Å². The van der Waals surface area contributed by atoms with E-state index in [-0.39, 0.29) is 34.1 Å². The summed E-state index contributed by atoms with van der Waals surface area (Å²) in [4.78, 5) is 18.5. The zero-order valence-corrected chi connectivity index (χ0v) is 30.2. The van der Waals surface area contributed by atoms with Gasteiger partial charge in [-0.15, -0.1) is 0 Å². The summed E-state index contributed by atoms with van der Waals surface area (Å²) in [6, 6.07) is 13.9. The lowest BCUT2D eigenvalue weighted by atomic mass is 9.62. The molecule has 1 heterocycles. The summed E-state index contributed by atoms with van der Waals surface area (Å²) in [7, 11) is 1.89. The number of likely N-dealkylation sites (N-methyl/N-ethyl adjacent to an activating group) is 1. The van der Waals surface area contributed by atoms with E-state index in [4.69, 9.17) is 21.1 Å². The van der Waals surface area contributed by atoms with E-state index in [9.17, 15) is 18.0 Å². The van der Waals surface area contributed by atoms with Gasteiger partial charge in [0.1, 0.15) is 17.6 Å². The Kier molecular flexibility index (Phi) is 11.0. The first-order chi connectivity index (χ1) is 23.9. The highest BCUT2D eigenvalue weighted by Gasteiger charge is 2.52. The SMILES string of the molecule is CNCC(C)Oc1ccc2c(c1)C1(CCC(N(C(=O)C(F)(F)F)c3cccc(Cl)c3)CC1)[C@@H](C[C@@H](C)COc1ccnc3c1[C@H](C)CCC3)C2. The average molecular weight is 712 g/mol. The van der Waals surface area contributed by atoms with Gasteiger partial charge < -0.3 is 19.7 Å². The number of aromatic nitrogens is 1. The Balaban J connectivity index is 1.25. The summed E-state index contributed by atoms with van der Waals surface area (Å²) in [5.41, 5.74) is 4.82. The van der Waals surface area contributed by atoms with Crippen molar-refractivity contribution in [1.29, 1.82) is 0 Å². The Labute approximate surface area is 299 Å². The fraction of sp³-hybridized carbons (Fsp3) is 0.550. The molecule has 10 heteroatoms. The summed E-state index contributed by atoms with van der Waals surface area (Å²) in [6.07, 6.45) is 4.10. The molecule has 0 bridgehead atoms. The molecule has 6 nitrogen and oxygen atoms in total. The molecule has 1 aromatic heterocycles. The van der Waals surface area contributed by atoms with Gasteiger partial charge in [-0.2, -0.15) is 13.2 Å². The van der Waals surface area contributed by atoms with Crippen molar-refractivity contribution in [3.8, 4) is 11.5 Å². The van der Waals surface area contributed by atoms with E-state index in [0.717, 1.165) is 54.2 Å². The predicted octanol–water partition coefficient (Wildman–Crippen LogP) is 9.21. The number of halogens is 4. The third-order valence-corrected chi connectivity index (χ3v) is 11.5. The van der Waals surface area contributed by atoms with Gasteiger partial charge in [0.05, 0.1) is 6.61 Å². The van der Waals surface area contributed by atoms with Crippen LogP contribution in [0.4, 0.5) is 18.9 Å². The topological polar surface area (TPSA) is 63.7 Å². The highest BCUT2D eigenvalue weighted by molar-refractivity contribution is 6.31. The maximum atomic E-state index is 14.0. The molecule has 270 valence electrons. The monoisotopic (exact) mass is 711 g/mol. The number of carbonyl (C=O) groups excluding carboxylic acids is 1. The summed E-state index contributed by atoms with van der Waals surface area (Å²) in [5.74, 6) is 0.819. The van der Waals surface area contributed by atoms with Crippen LogP contribution in [0.1, 0.15) is 94.0 Å². The lowest BCUT2D eigenvalue weighted by Crippen LogP contribution is -2.51. The molecule has 6 rings (SSSR count). The Morgan fingerprint density at radius 1 is 1.12 bits per heavy atom. The van der Waals surface area contributed by atoms with Crippen molar-refractivity contribution in [3.05, 3.63) is 82.1 Å². The number of anilines is 1. The van der Waals surface area contributed by atoms with Gasteiger partial charge in [0.25, 0.3) is 0 Å². The maximum absolute atomic E-state index is 14.0. The fourth-order valence-electron chi connectivity index (χ4n) is 8.99. The van der Waals surface area contributed by atoms with Gasteiger partial charge in [-0.05, 0) is 142 Å². The average Bonchev–Trinajstić information content (AvgIpc) is 3.35. The summed E-state index contributed by atoms with van der Waals surface area (Å²) in [6.45, 7) is 7.79.